The van der Waals surface area contributed by atoms with Crippen molar-refractivity contribution >= 4 is 23.4 Å². The van der Waals surface area contributed by atoms with Crippen LogP contribution in [0.25, 0.3) is 0 Å². The van der Waals surface area contributed by atoms with Gasteiger partial charge >= 0.3 is 0 Å². The Balaban J connectivity index is 1.97. The Morgan fingerprint density at radius 2 is 1.81 bits per heavy atom. The van der Waals surface area contributed by atoms with Crippen LogP contribution in [0.15, 0.2) is 24.3 Å². The maximum Gasteiger partial charge on any atom is 0.253 e. The molecule has 8 heteroatoms. The maximum atomic E-state index is 12.8. The van der Waals surface area contributed by atoms with Crippen molar-refractivity contribution in [2.45, 2.75) is 13.3 Å². The van der Waals surface area contributed by atoms with Crippen LogP contribution in [0, 0.1) is 0 Å². The van der Waals surface area contributed by atoms with Crippen molar-refractivity contribution in [2.24, 2.45) is 0 Å². The summed E-state index contributed by atoms with van der Waals surface area (Å²) in [6.45, 7) is 5.61. The van der Waals surface area contributed by atoms with E-state index in [1.807, 2.05) is 4.90 Å². The van der Waals surface area contributed by atoms with Crippen LogP contribution in [-0.4, -0.2) is 80.5 Å². The number of carbonyl (C=O) groups is 3. The highest BCUT2D eigenvalue weighted by atomic mass is 16.5. The van der Waals surface area contributed by atoms with Gasteiger partial charge in [0, 0.05) is 71.0 Å². The van der Waals surface area contributed by atoms with E-state index in [2.05, 4.69) is 10.6 Å². The van der Waals surface area contributed by atoms with Gasteiger partial charge in [0.15, 0.2) is 0 Å². The van der Waals surface area contributed by atoms with Gasteiger partial charge in [-0.2, -0.15) is 0 Å². The predicted molar refractivity (Wildman–Crippen MR) is 103 cm³/mol. The van der Waals surface area contributed by atoms with Gasteiger partial charge in [-0.3, -0.25) is 14.4 Å². The highest BCUT2D eigenvalue weighted by Crippen LogP contribution is 2.12. The van der Waals surface area contributed by atoms with Crippen LogP contribution < -0.4 is 10.6 Å². The van der Waals surface area contributed by atoms with Gasteiger partial charge in [0.05, 0.1) is 6.61 Å². The molecular weight excluding hydrogens is 348 g/mol. The lowest BCUT2D eigenvalue weighted by molar-refractivity contribution is -0.132. The Morgan fingerprint density at radius 1 is 1.15 bits per heavy atom. The summed E-state index contributed by atoms with van der Waals surface area (Å²) in [4.78, 5) is 39.8. The van der Waals surface area contributed by atoms with Crippen LogP contribution in [-0.2, 0) is 14.3 Å². The molecule has 0 spiro atoms. The van der Waals surface area contributed by atoms with Gasteiger partial charge in [0.2, 0.25) is 11.8 Å². The molecule has 1 saturated heterocycles. The smallest absolute Gasteiger partial charge is 0.253 e. The number of hydrogen-bond acceptors (Lipinski definition) is 5. The van der Waals surface area contributed by atoms with E-state index in [-0.39, 0.29) is 17.7 Å². The molecule has 1 aliphatic heterocycles. The topological polar surface area (TPSA) is 91.0 Å². The second kappa shape index (κ2) is 10.6. The zero-order chi connectivity index (χ0) is 19.6. The number of nitrogens with one attached hydrogen (secondary N) is 2. The van der Waals surface area contributed by atoms with E-state index < -0.39 is 0 Å². The molecule has 0 bridgehead atoms. The number of hydrogen-bond donors (Lipinski definition) is 2. The minimum Gasteiger partial charge on any atom is -0.383 e. The number of carbonyl (C=O) groups excluding carboxylic acids is 3. The van der Waals surface area contributed by atoms with Crippen molar-refractivity contribution in [2.75, 3.05) is 58.3 Å². The van der Waals surface area contributed by atoms with Crippen molar-refractivity contribution in [1.82, 2.24) is 15.1 Å². The van der Waals surface area contributed by atoms with Crippen LogP contribution in [0.5, 0.6) is 0 Å². The van der Waals surface area contributed by atoms with Crippen LogP contribution in [0.1, 0.15) is 23.7 Å². The molecule has 8 nitrogen and oxygen atoms in total. The zero-order valence-corrected chi connectivity index (χ0v) is 16.0. The lowest BCUT2D eigenvalue weighted by Crippen LogP contribution is -2.47. The van der Waals surface area contributed by atoms with E-state index in [0.29, 0.717) is 50.5 Å². The van der Waals surface area contributed by atoms with Crippen molar-refractivity contribution < 1.29 is 19.1 Å². The fraction of sp³-hybridized carbons (Fsp3) is 0.526. The summed E-state index contributed by atoms with van der Waals surface area (Å²) in [5, 5.41) is 5.89. The van der Waals surface area contributed by atoms with Gasteiger partial charge in [-0.1, -0.05) is 0 Å². The molecule has 0 radical (unpaired) electrons. The molecule has 2 rings (SSSR count). The Labute approximate surface area is 159 Å². The molecule has 0 unspecified atom stereocenters. The molecule has 1 aromatic carbocycles. The average molecular weight is 376 g/mol. The zero-order valence-electron chi connectivity index (χ0n) is 16.0. The average Bonchev–Trinajstić information content (AvgIpc) is 2.68. The number of anilines is 1. The van der Waals surface area contributed by atoms with Gasteiger partial charge in [0.25, 0.3) is 5.91 Å². The molecule has 2 N–H and O–H groups in total. The summed E-state index contributed by atoms with van der Waals surface area (Å²) >= 11 is 0. The maximum absolute atomic E-state index is 12.8. The van der Waals surface area contributed by atoms with E-state index >= 15 is 0 Å². The first-order valence-electron chi connectivity index (χ1n) is 9.15. The van der Waals surface area contributed by atoms with E-state index in [1.54, 1.807) is 36.3 Å². The van der Waals surface area contributed by atoms with Gasteiger partial charge in [-0.15, -0.1) is 0 Å². The number of benzene rings is 1. The second-order valence-corrected chi connectivity index (χ2v) is 6.42. The van der Waals surface area contributed by atoms with Crippen molar-refractivity contribution in [1.29, 1.82) is 0 Å². The molecule has 1 heterocycles. The fourth-order valence-electron chi connectivity index (χ4n) is 2.90. The van der Waals surface area contributed by atoms with Crippen molar-refractivity contribution in [3.8, 4) is 0 Å². The normalized spacial score (nSPS) is 13.9. The molecule has 1 fully saturated rings. The van der Waals surface area contributed by atoms with Crippen molar-refractivity contribution in [3.05, 3.63) is 29.8 Å². The molecule has 1 aromatic rings. The monoisotopic (exact) mass is 376 g/mol. The molecular formula is C19H28N4O4. The summed E-state index contributed by atoms with van der Waals surface area (Å²) in [5.74, 6) is -0.260. The Kier molecular flexibility index (Phi) is 8.22. The SMILES string of the molecule is COCCN(CCC(=O)N1CCNCC1)C(=O)c1ccc(NC(C)=O)cc1. The Hall–Kier alpha value is -2.45. The summed E-state index contributed by atoms with van der Waals surface area (Å²) in [6, 6.07) is 6.72. The quantitative estimate of drug-likeness (QED) is 0.692. The van der Waals surface area contributed by atoms with E-state index in [9.17, 15) is 14.4 Å². The second-order valence-electron chi connectivity index (χ2n) is 6.42. The number of ether oxygens (including phenoxy) is 1. The van der Waals surface area contributed by atoms with E-state index in [1.165, 1.54) is 6.92 Å². The van der Waals surface area contributed by atoms with Crippen LogP contribution >= 0.6 is 0 Å². The first-order chi connectivity index (χ1) is 13.0. The van der Waals surface area contributed by atoms with E-state index in [0.717, 1.165) is 13.1 Å². The largest absolute Gasteiger partial charge is 0.383 e. The first-order valence-corrected chi connectivity index (χ1v) is 9.15. The third-order valence-electron chi connectivity index (χ3n) is 4.37. The number of nitrogens with zero attached hydrogens (tertiary/aromatic N) is 2. The Bertz CT molecular complexity index is 642. The molecule has 0 saturated carbocycles. The first kappa shape index (κ1) is 20.9. The number of rotatable bonds is 8. The number of amides is 3. The van der Waals surface area contributed by atoms with Crippen LogP contribution in [0.3, 0.4) is 0 Å². The highest BCUT2D eigenvalue weighted by molar-refractivity contribution is 5.95. The van der Waals surface area contributed by atoms with Crippen molar-refractivity contribution in [3.63, 3.8) is 0 Å². The fourth-order valence-corrected chi connectivity index (χ4v) is 2.90. The minimum atomic E-state index is -0.165. The highest BCUT2D eigenvalue weighted by Gasteiger charge is 2.20. The third kappa shape index (κ3) is 6.65. The summed E-state index contributed by atoms with van der Waals surface area (Å²) < 4.78 is 5.10. The summed E-state index contributed by atoms with van der Waals surface area (Å²) in [6.07, 6.45) is 0.291. The third-order valence-corrected chi connectivity index (χ3v) is 4.37. The van der Waals surface area contributed by atoms with Gasteiger partial charge < -0.3 is 25.2 Å². The summed E-state index contributed by atoms with van der Waals surface area (Å²) in [7, 11) is 1.58. The molecule has 3 amide bonds. The minimum absolute atomic E-state index is 0.0627. The number of methoxy groups -OCH3 is 1. The number of piperazine rings is 1. The predicted octanol–water partition coefficient (Wildman–Crippen LogP) is 0.556. The van der Waals surface area contributed by atoms with Gasteiger partial charge in [-0.25, -0.2) is 0 Å². The van der Waals surface area contributed by atoms with Crippen LogP contribution in [0.4, 0.5) is 5.69 Å². The van der Waals surface area contributed by atoms with E-state index in [4.69, 9.17) is 4.74 Å². The molecule has 27 heavy (non-hydrogen) atoms. The lowest BCUT2D eigenvalue weighted by Gasteiger charge is -2.29. The van der Waals surface area contributed by atoms with Gasteiger partial charge in [0.1, 0.15) is 0 Å². The standard InChI is InChI=1S/C19H28N4O4/c1-15(24)21-17-5-3-16(4-6-17)19(26)23(13-14-27-2)10-7-18(25)22-11-8-20-9-12-22/h3-6,20H,7-14H2,1-2H3,(H,21,24). The van der Waals surface area contributed by atoms with Gasteiger partial charge in [-0.05, 0) is 24.3 Å². The molecule has 0 aromatic heterocycles. The molecule has 148 valence electrons. The molecule has 0 atom stereocenters. The Morgan fingerprint density at radius 3 is 2.41 bits per heavy atom. The van der Waals surface area contributed by atoms with Crippen LogP contribution in [0.2, 0.25) is 0 Å². The summed E-state index contributed by atoms with van der Waals surface area (Å²) in [5.41, 5.74) is 1.14. The lowest BCUT2D eigenvalue weighted by atomic mass is 10.1. The molecule has 1 aliphatic rings. The molecule has 0 aliphatic carbocycles.